The van der Waals surface area contributed by atoms with Crippen molar-refractivity contribution >= 4 is 5.97 Å². The third-order valence-corrected chi connectivity index (χ3v) is 5.18. The molecule has 0 unspecified atom stereocenters. The highest BCUT2D eigenvalue weighted by atomic mass is 16.7. The molecule has 154 valence electrons. The van der Waals surface area contributed by atoms with Crippen LogP contribution in [0.2, 0.25) is 0 Å². The van der Waals surface area contributed by atoms with Crippen molar-refractivity contribution in [3.05, 3.63) is 0 Å². The molecule has 2 fully saturated rings. The Morgan fingerprint density at radius 2 is 1.69 bits per heavy atom. The van der Waals surface area contributed by atoms with Gasteiger partial charge in [-0.2, -0.15) is 0 Å². The van der Waals surface area contributed by atoms with E-state index >= 15 is 0 Å². The molecule has 5 N–H and O–H groups in total. The van der Waals surface area contributed by atoms with Crippen molar-refractivity contribution in [2.45, 2.75) is 70.4 Å². The largest absolute Gasteiger partial charge is 0.477 e. The second-order valence-electron chi connectivity index (χ2n) is 6.72. The molecule has 2 saturated heterocycles. The van der Waals surface area contributed by atoms with Gasteiger partial charge in [0.05, 0.1) is 12.7 Å². The lowest BCUT2D eigenvalue weighted by atomic mass is 9.83. The summed E-state index contributed by atoms with van der Waals surface area (Å²) in [5, 5.41) is 47.6. The maximum absolute atomic E-state index is 11.1. The lowest BCUT2D eigenvalue weighted by Gasteiger charge is -2.49. The van der Waals surface area contributed by atoms with E-state index in [0.717, 1.165) is 0 Å². The molecule has 0 aromatic rings. The summed E-state index contributed by atoms with van der Waals surface area (Å²) in [6, 6.07) is 0. The van der Waals surface area contributed by atoms with Crippen LogP contribution in [0.5, 0.6) is 0 Å². The molecule has 9 heteroatoms. The number of hydrogen-bond acceptors (Lipinski definition) is 8. The molecular weight excluding hydrogens is 346 g/mol. The summed E-state index contributed by atoms with van der Waals surface area (Å²) in [6.07, 6.45) is -5.51. The molecule has 2 aliphatic heterocycles. The highest BCUT2D eigenvalue weighted by molar-refractivity contribution is 5.75. The van der Waals surface area contributed by atoms with Crippen LogP contribution in [0.15, 0.2) is 0 Å². The number of fused-ring (bicyclic) bond motifs is 1. The van der Waals surface area contributed by atoms with Gasteiger partial charge in [-0.15, -0.1) is 0 Å². The van der Waals surface area contributed by atoms with Gasteiger partial charge < -0.3 is 39.9 Å². The number of aliphatic hydroxyl groups is 4. The minimum absolute atomic E-state index is 0.133. The van der Waals surface area contributed by atoms with Gasteiger partial charge in [-0.05, 0) is 26.1 Å². The Bertz CT molecular complexity index is 441. The van der Waals surface area contributed by atoms with Crippen molar-refractivity contribution in [1.82, 2.24) is 4.90 Å². The van der Waals surface area contributed by atoms with Crippen molar-refractivity contribution in [2.75, 3.05) is 26.2 Å². The van der Waals surface area contributed by atoms with Crippen LogP contribution in [0.3, 0.4) is 0 Å². The van der Waals surface area contributed by atoms with Crippen LogP contribution in [0, 0.1) is 5.92 Å². The van der Waals surface area contributed by atoms with Gasteiger partial charge in [0.1, 0.15) is 24.4 Å². The Hall–Kier alpha value is -0.810. The van der Waals surface area contributed by atoms with Crippen molar-refractivity contribution in [3.8, 4) is 0 Å². The fourth-order valence-corrected chi connectivity index (χ4v) is 3.27. The van der Waals surface area contributed by atoms with E-state index in [2.05, 4.69) is 25.7 Å². The lowest BCUT2D eigenvalue weighted by molar-refractivity contribution is -0.343. The average molecular weight is 379 g/mol. The summed E-state index contributed by atoms with van der Waals surface area (Å²) in [5.74, 6) is -4.73. The van der Waals surface area contributed by atoms with Gasteiger partial charge in [-0.3, -0.25) is 0 Å². The van der Waals surface area contributed by atoms with Gasteiger partial charge in [-0.25, -0.2) is 4.79 Å². The van der Waals surface area contributed by atoms with Crippen LogP contribution >= 0.6 is 0 Å². The number of aliphatic hydroxyl groups excluding tert-OH is 3. The first kappa shape index (κ1) is 23.2. The summed E-state index contributed by atoms with van der Waals surface area (Å²) >= 11 is 0. The van der Waals surface area contributed by atoms with Gasteiger partial charge in [-0.1, -0.05) is 27.7 Å². The number of aliphatic carboxylic acids is 1. The quantitative estimate of drug-likeness (QED) is 0.407. The van der Waals surface area contributed by atoms with Crippen LogP contribution in [0.25, 0.3) is 0 Å². The van der Waals surface area contributed by atoms with Crippen molar-refractivity contribution in [3.63, 3.8) is 0 Å². The minimum Gasteiger partial charge on any atom is -0.477 e. The molecule has 0 bridgehead atoms. The topological polar surface area (TPSA) is 140 Å². The van der Waals surface area contributed by atoms with Crippen molar-refractivity contribution in [2.24, 2.45) is 5.92 Å². The molecule has 0 spiro atoms. The van der Waals surface area contributed by atoms with E-state index in [1.165, 1.54) is 26.6 Å². The molecule has 2 heterocycles. The molecular formula is C17H33NO8. The molecule has 0 aliphatic carbocycles. The SMILES string of the molecule is CCN(CC)CC.C[C@@H]1C[C@@H]2O[C@H](CO)[C@@H](O)[C@H](O)[C@H]2O[C@@]1(O)C(=O)O. The maximum Gasteiger partial charge on any atom is 0.364 e. The van der Waals surface area contributed by atoms with Gasteiger partial charge in [0, 0.05) is 5.92 Å². The molecule has 26 heavy (non-hydrogen) atoms. The first-order valence-corrected chi connectivity index (χ1v) is 9.14. The van der Waals surface area contributed by atoms with Crippen LogP contribution in [-0.2, 0) is 14.3 Å². The van der Waals surface area contributed by atoms with Gasteiger partial charge in [0.2, 0.25) is 0 Å². The van der Waals surface area contributed by atoms with E-state index in [1.807, 2.05) is 0 Å². The van der Waals surface area contributed by atoms with E-state index < -0.39 is 54.8 Å². The number of carboxylic acid groups (broad SMARTS) is 1. The van der Waals surface area contributed by atoms with Crippen LogP contribution in [-0.4, -0.2) is 98.9 Å². The second kappa shape index (κ2) is 9.93. The summed E-state index contributed by atoms with van der Waals surface area (Å²) in [4.78, 5) is 13.4. The molecule has 9 nitrogen and oxygen atoms in total. The van der Waals surface area contributed by atoms with Crippen molar-refractivity contribution < 1.29 is 39.8 Å². The number of ether oxygens (including phenoxy) is 2. The Labute approximate surface area is 154 Å². The lowest BCUT2D eigenvalue weighted by Crippen LogP contribution is -2.67. The van der Waals surface area contributed by atoms with Crippen LogP contribution in [0.1, 0.15) is 34.1 Å². The third kappa shape index (κ3) is 4.92. The third-order valence-electron chi connectivity index (χ3n) is 5.18. The van der Waals surface area contributed by atoms with Crippen molar-refractivity contribution in [1.29, 1.82) is 0 Å². The average Bonchev–Trinajstić information content (AvgIpc) is 2.62. The normalized spacial score (nSPS) is 39.7. The Morgan fingerprint density at radius 1 is 1.15 bits per heavy atom. The molecule has 0 amide bonds. The zero-order valence-corrected chi connectivity index (χ0v) is 15.9. The monoisotopic (exact) mass is 379 g/mol. The smallest absolute Gasteiger partial charge is 0.364 e. The van der Waals surface area contributed by atoms with Gasteiger partial charge >= 0.3 is 5.97 Å². The standard InChI is InChI=1S/C11H18O8.C6H15N/c1-4-2-5-9(19-11(4,17)10(15)16)8(14)7(13)6(3-12)18-5;1-4-7(5-2)6-3/h4-9,12-14,17H,2-3H2,1H3,(H,15,16);4-6H2,1-3H3/t4-,5+,6-,7-,8+,9+,11-;/m1./s1. The van der Waals surface area contributed by atoms with Crippen LogP contribution < -0.4 is 0 Å². The first-order valence-electron chi connectivity index (χ1n) is 9.14. The summed E-state index contributed by atoms with van der Waals surface area (Å²) in [7, 11) is 0. The molecule has 0 radical (unpaired) electrons. The number of hydrogen-bond donors (Lipinski definition) is 5. The molecule has 7 atom stereocenters. The summed E-state index contributed by atoms with van der Waals surface area (Å²) in [6.45, 7) is 11.1. The zero-order chi connectivity index (χ0) is 20.1. The van der Waals surface area contributed by atoms with Gasteiger partial charge in [0.25, 0.3) is 5.79 Å². The fraction of sp³-hybridized carbons (Fsp3) is 0.941. The van der Waals surface area contributed by atoms with E-state index in [0.29, 0.717) is 0 Å². The summed E-state index contributed by atoms with van der Waals surface area (Å²) < 4.78 is 10.4. The minimum atomic E-state index is -2.42. The van der Waals surface area contributed by atoms with Crippen LogP contribution in [0.4, 0.5) is 0 Å². The van der Waals surface area contributed by atoms with Gasteiger partial charge in [0.15, 0.2) is 0 Å². The predicted molar refractivity (Wildman–Crippen MR) is 92.5 cm³/mol. The second-order valence-corrected chi connectivity index (χ2v) is 6.72. The Kier molecular flexibility index (Phi) is 8.87. The molecule has 0 aromatic carbocycles. The highest BCUT2D eigenvalue weighted by Gasteiger charge is 2.57. The molecule has 2 aliphatic rings. The zero-order valence-electron chi connectivity index (χ0n) is 15.9. The molecule has 2 rings (SSSR count). The Morgan fingerprint density at radius 3 is 2.08 bits per heavy atom. The van der Waals surface area contributed by atoms with E-state index in [4.69, 9.17) is 19.7 Å². The predicted octanol–water partition coefficient (Wildman–Crippen LogP) is -0.986. The van der Waals surface area contributed by atoms with E-state index in [1.54, 1.807) is 0 Å². The maximum atomic E-state index is 11.1. The number of carboxylic acids is 1. The number of nitrogens with zero attached hydrogens (tertiary/aromatic N) is 1. The fourth-order valence-electron chi connectivity index (χ4n) is 3.27. The highest BCUT2D eigenvalue weighted by Crippen LogP contribution is 2.39. The summed E-state index contributed by atoms with van der Waals surface area (Å²) in [5.41, 5.74) is 0. The van der Waals surface area contributed by atoms with E-state index in [-0.39, 0.29) is 6.42 Å². The number of carbonyl (C=O) groups is 1. The van der Waals surface area contributed by atoms with E-state index in [9.17, 15) is 20.1 Å². The first-order chi connectivity index (χ1) is 12.2. The number of rotatable bonds is 5. The molecule has 0 aromatic heterocycles. The Balaban J connectivity index is 0.000000412. The molecule has 0 saturated carbocycles.